The van der Waals surface area contributed by atoms with Crippen LogP contribution in [0.1, 0.15) is 36.9 Å². The van der Waals surface area contributed by atoms with Crippen molar-refractivity contribution in [1.29, 1.82) is 0 Å². The fraction of sp³-hybridized carbons (Fsp3) is 0.417. The van der Waals surface area contributed by atoms with Crippen LogP contribution in [0.15, 0.2) is 29.5 Å². The molecular weight excluding hydrogens is 172 g/mol. The predicted octanol–water partition coefficient (Wildman–Crippen LogP) is 2.51. The van der Waals surface area contributed by atoms with Gasteiger partial charge in [-0.05, 0) is 19.4 Å². The Morgan fingerprint density at radius 3 is 2.64 bits per heavy atom. The topological polar surface area (TPSA) is 17.8 Å². The SMILES string of the molecule is CC(C)=C1C2C=CC1c1c2cnn1C. The third kappa shape index (κ3) is 0.746. The summed E-state index contributed by atoms with van der Waals surface area (Å²) < 4.78 is 2.02. The van der Waals surface area contributed by atoms with Crippen molar-refractivity contribution < 1.29 is 0 Å². The van der Waals surface area contributed by atoms with E-state index in [4.69, 9.17) is 0 Å². The van der Waals surface area contributed by atoms with Crippen molar-refractivity contribution in [3.05, 3.63) is 40.8 Å². The lowest BCUT2D eigenvalue weighted by Gasteiger charge is -2.09. The van der Waals surface area contributed by atoms with Gasteiger partial charge in [0.25, 0.3) is 0 Å². The van der Waals surface area contributed by atoms with Crippen LogP contribution in [-0.4, -0.2) is 9.78 Å². The Bertz CT molecular complexity index is 459. The first-order chi connectivity index (χ1) is 6.70. The number of fused-ring (bicyclic) bond motifs is 5. The summed E-state index contributed by atoms with van der Waals surface area (Å²) in [5.74, 6) is 1.03. The average Bonchev–Trinajstić information content (AvgIpc) is 2.74. The van der Waals surface area contributed by atoms with E-state index in [0.717, 1.165) is 0 Å². The highest BCUT2D eigenvalue weighted by Gasteiger charge is 2.40. The molecule has 0 saturated carbocycles. The van der Waals surface area contributed by atoms with E-state index in [0.29, 0.717) is 11.8 Å². The molecule has 3 rings (SSSR count). The van der Waals surface area contributed by atoms with Gasteiger partial charge in [0, 0.05) is 24.4 Å². The first-order valence-corrected chi connectivity index (χ1v) is 5.07. The smallest absolute Gasteiger partial charge is 0.0534 e. The lowest BCUT2D eigenvalue weighted by atomic mass is 9.97. The van der Waals surface area contributed by atoms with Gasteiger partial charge in [-0.2, -0.15) is 5.10 Å². The van der Waals surface area contributed by atoms with Gasteiger partial charge in [0.2, 0.25) is 0 Å². The van der Waals surface area contributed by atoms with E-state index < -0.39 is 0 Å². The fourth-order valence-corrected chi connectivity index (χ4v) is 2.84. The summed E-state index contributed by atoms with van der Waals surface area (Å²) in [5, 5.41) is 4.33. The Morgan fingerprint density at radius 1 is 1.29 bits per heavy atom. The van der Waals surface area contributed by atoms with Crippen molar-refractivity contribution in [2.75, 3.05) is 0 Å². The van der Waals surface area contributed by atoms with Crippen LogP contribution < -0.4 is 0 Å². The van der Waals surface area contributed by atoms with E-state index in [1.165, 1.54) is 16.8 Å². The highest BCUT2D eigenvalue weighted by molar-refractivity contribution is 5.58. The Morgan fingerprint density at radius 2 is 2.00 bits per heavy atom. The maximum Gasteiger partial charge on any atom is 0.0534 e. The molecule has 0 radical (unpaired) electrons. The van der Waals surface area contributed by atoms with Gasteiger partial charge in [-0.3, -0.25) is 4.68 Å². The summed E-state index contributed by atoms with van der Waals surface area (Å²) >= 11 is 0. The summed E-state index contributed by atoms with van der Waals surface area (Å²) in [6.45, 7) is 4.42. The lowest BCUT2D eigenvalue weighted by Crippen LogP contribution is -2.01. The summed E-state index contributed by atoms with van der Waals surface area (Å²) in [4.78, 5) is 0. The maximum atomic E-state index is 4.33. The van der Waals surface area contributed by atoms with Crippen LogP contribution in [0.2, 0.25) is 0 Å². The fourth-order valence-electron chi connectivity index (χ4n) is 2.84. The second-order valence-electron chi connectivity index (χ2n) is 4.40. The predicted molar refractivity (Wildman–Crippen MR) is 56.2 cm³/mol. The molecular formula is C12H14N2. The zero-order valence-corrected chi connectivity index (χ0v) is 8.78. The third-order valence-corrected chi connectivity index (χ3v) is 3.39. The summed E-state index contributed by atoms with van der Waals surface area (Å²) in [7, 11) is 2.04. The average molecular weight is 186 g/mol. The Hall–Kier alpha value is -1.31. The number of hydrogen-bond acceptors (Lipinski definition) is 1. The van der Waals surface area contributed by atoms with Crippen molar-refractivity contribution in [3.8, 4) is 0 Å². The maximum absolute atomic E-state index is 4.33. The van der Waals surface area contributed by atoms with E-state index in [-0.39, 0.29) is 0 Å². The number of aromatic nitrogens is 2. The van der Waals surface area contributed by atoms with Crippen LogP contribution in [0.3, 0.4) is 0 Å². The number of nitrogens with zero attached hydrogens (tertiary/aromatic N) is 2. The standard InChI is InChI=1S/C12H14N2/c1-7(2)11-8-4-5-9(11)12-10(8)6-13-14(12)3/h4-6,8-9H,1-3H3. The minimum Gasteiger partial charge on any atom is -0.271 e. The van der Waals surface area contributed by atoms with Gasteiger partial charge in [-0.1, -0.05) is 17.7 Å². The molecule has 14 heavy (non-hydrogen) atoms. The molecule has 2 nitrogen and oxygen atoms in total. The number of rotatable bonds is 0. The molecule has 2 heteroatoms. The zero-order chi connectivity index (χ0) is 9.87. The molecule has 0 N–H and O–H groups in total. The summed E-state index contributed by atoms with van der Waals surface area (Å²) in [5.41, 5.74) is 5.85. The van der Waals surface area contributed by atoms with Gasteiger partial charge in [0.05, 0.1) is 11.9 Å². The van der Waals surface area contributed by atoms with E-state index in [1.54, 1.807) is 5.57 Å². The van der Waals surface area contributed by atoms with E-state index >= 15 is 0 Å². The molecule has 2 aliphatic rings. The first-order valence-electron chi connectivity index (χ1n) is 5.07. The minimum absolute atomic E-state index is 0.507. The van der Waals surface area contributed by atoms with Gasteiger partial charge in [-0.25, -0.2) is 0 Å². The molecule has 1 aromatic rings. The molecule has 2 atom stereocenters. The van der Waals surface area contributed by atoms with Crippen LogP contribution in [0.4, 0.5) is 0 Å². The van der Waals surface area contributed by atoms with E-state index in [9.17, 15) is 0 Å². The zero-order valence-electron chi connectivity index (χ0n) is 8.78. The van der Waals surface area contributed by atoms with Crippen molar-refractivity contribution in [3.63, 3.8) is 0 Å². The molecule has 0 aliphatic heterocycles. The van der Waals surface area contributed by atoms with Crippen LogP contribution in [0, 0.1) is 0 Å². The molecule has 2 aliphatic carbocycles. The number of allylic oxidation sites excluding steroid dienone is 4. The van der Waals surface area contributed by atoms with Crippen molar-refractivity contribution in [2.24, 2.45) is 7.05 Å². The lowest BCUT2D eigenvalue weighted by molar-refractivity contribution is 0.708. The van der Waals surface area contributed by atoms with Crippen LogP contribution in [-0.2, 0) is 7.05 Å². The second-order valence-corrected chi connectivity index (χ2v) is 4.40. The van der Waals surface area contributed by atoms with Crippen molar-refractivity contribution in [2.45, 2.75) is 25.7 Å². The molecule has 0 amide bonds. The monoisotopic (exact) mass is 186 g/mol. The molecule has 0 saturated heterocycles. The van der Waals surface area contributed by atoms with Crippen molar-refractivity contribution in [1.82, 2.24) is 9.78 Å². The molecule has 0 aromatic carbocycles. The molecule has 2 bridgehead atoms. The molecule has 0 spiro atoms. The van der Waals surface area contributed by atoms with Gasteiger partial charge in [0.15, 0.2) is 0 Å². The molecule has 1 heterocycles. The first kappa shape index (κ1) is 8.04. The quantitative estimate of drug-likeness (QED) is 0.569. The van der Waals surface area contributed by atoms with E-state index in [1.807, 2.05) is 17.9 Å². The molecule has 72 valence electrons. The Balaban J connectivity index is 2.26. The Labute approximate surface area is 83.9 Å². The van der Waals surface area contributed by atoms with E-state index in [2.05, 4.69) is 31.1 Å². The summed E-state index contributed by atoms with van der Waals surface area (Å²) in [6, 6.07) is 0. The normalized spacial score (nSPS) is 27.2. The summed E-state index contributed by atoms with van der Waals surface area (Å²) in [6.07, 6.45) is 6.65. The van der Waals surface area contributed by atoms with Crippen LogP contribution >= 0.6 is 0 Å². The van der Waals surface area contributed by atoms with Crippen molar-refractivity contribution >= 4 is 0 Å². The molecule has 1 aromatic heterocycles. The van der Waals surface area contributed by atoms with Crippen LogP contribution in [0.5, 0.6) is 0 Å². The highest BCUT2D eigenvalue weighted by Crippen LogP contribution is 2.53. The minimum atomic E-state index is 0.507. The van der Waals surface area contributed by atoms with Gasteiger partial charge in [-0.15, -0.1) is 0 Å². The van der Waals surface area contributed by atoms with Gasteiger partial charge < -0.3 is 0 Å². The third-order valence-electron chi connectivity index (χ3n) is 3.39. The second kappa shape index (κ2) is 2.38. The Kier molecular flexibility index (Phi) is 1.37. The number of hydrogen-bond donors (Lipinski definition) is 0. The van der Waals surface area contributed by atoms with Crippen LogP contribution in [0.25, 0.3) is 0 Å². The largest absolute Gasteiger partial charge is 0.271 e. The molecule has 0 fully saturated rings. The van der Waals surface area contributed by atoms with Gasteiger partial charge >= 0.3 is 0 Å². The number of aryl methyl sites for hydroxylation is 1. The molecule has 2 unspecified atom stereocenters. The highest BCUT2D eigenvalue weighted by atomic mass is 15.3. The van der Waals surface area contributed by atoms with Gasteiger partial charge in [0.1, 0.15) is 0 Å².